The summed E-state index contributed by atoms with van der Waals surface area (Å²) in [4.78, 5) is 19.1. The van der Waals surface area contributed by atoms with Crippen molar-refractivity contribution in [2.24, 2.45) is 0 Å². The van der Waals surface area contributed by atoms with Gasteiger partial charge in [-0.05, 0) is 123 Å². The van der Waals surface area contributed by atoms with Crippen LogP contribution in [0.3, 0.4) is 0 Å². The number of hydrogen-bond acceptors (Lipinski definition) is 2. The van der Waals surface area contributed by atoms with Crippen LogP contribution in [0, 0.1) is 0 Å². The quantitative estimate of drug-likeness (QED) is 0.113. The van der Waals surface area contributed by atoms with Crippen molar-refractivity contribution in [3.63, 3.8) is 0 Å². The van der Waals surface area contributed by atoms with E-state index in [9.17, 15) is 0 Å². The number of fused-ring (bicyclic) bond motifs is 8. The molecule has 1 atom stereocenters. The summed E-state index contributed by atoms with van der Waals surface area (Å²) >= 11 is 0. The number of H-pyrrole nitrogens is 2. The summed E-state index contributed by atoms with van der Waals surface area (Å²) in [6.45, 7) is 20.5. The normalized spacial score (nSPS) is 13.2. The molecule has 0 saturated carbocycles. The molecule has 0 amide bonds. The van der Waals surface area contributed by atoms with E-state index in [0.717, 1.165) is 85.2 Å². The molecule has 0 radical (unpaired) electrons. The molecule has 0 saturated heterocycles. The summed E-state index contributed by atoms with van der Waals surface area (Å²) in [7, 11) is 0. The molecule has 8 bridgehead atoms. The molecule has 1 unspecified atom stereocenters. The highest BCUT2D eigenvalue weighted by Gasteiger charge is 2.25. The van der Waals surface area contributed by atoms with Gasteiger partial charge in [-0.2, -0.15) is 0 Å². The molecule has 0 spiro atoms. The number of benzene rings is 1. The second kappa shape index (κ2) is 16.3. The number of aromatic nitrogens is 4. The van der Waals surface area contributed by atoms with E-state index in [1.165, 1.54) is 44.4 Å². The lowest BCUT2D eigenvalue weighted by molar-refractivity contribution is 0.633. The van der Waals surface area contributed by atoms with Crippen molar-refractivity contribution in [3.8, 4) is 0 Å². The van der Waals surface area contributed by atoms with Gasteiger partial charge in [0.25, 0.3) is 0 Å². The van der Waals surface area contributed by atoms with E-state index in [-0.39, 0.29) is 5.92 Å². The SMILES string of the molecule is C=CC(CC)c1c2ccc([nH]2)c(C(CC)CC)c2nc(c(C(CC)CC)c3nc(c(C(CC)CC)c4cc(Cc5ccccc5)c1[nH]4)C=C3)C=C2. The van der Waals surface area contributed by atoms with E-state index in [1.54, 1.807) is 0 Å². The van der Waals surface area contributed by atoms with Gasteiger partial charge >= 0.3 is 0 Å². The van der Waals surface area contributed by atoms with Crippen LogP contribution in [0.5, 0.6) is 0 Å². The monoisotopic (exact) mass is 678 g/mol. The maximum atomic E-state index is 5.53. The Hall–Kier alpha value is -4.44. The molecule has 266 valence electrons. The van der Waals surface area contributed by atoms with E-state index in [2.05, 4.69) is 144 Å². The molecule has 4 aromatic rings. The Morgan fingerprint density at radius 2 is 1.02 bits per heavy atom. The van der Waals surface area contributed by atoms with Crippen LogP contribution >= 0.6 is 0 Å². The van der Waals surface area contributed by atoms with Crippen LogP contribution in [-0.4, -0.2) is 19.9 Å². The minimum atomic E-state index is 0.161. The Morgan fingerprint density at radius 1 is 0.549 bits per heavy atom. The van der Waals surface area contributed by atoms with Gasteiger partial charge in [0.1, 0.15) is 0 Å². The summed E-state index contributed by atoms with van der Waals surface area (Å²) in [6, 6.07) is 17.9. The van der Waals surface area contributed by atoms with Gasteiger partial charge < -0.3 is 9.97 Å². The van der Waals surface area contributed by atoms with E-state index >= 15 is 0 Å². The van der Waals surface area contributed by atoms with Gasteiger partial charge in [-0.15, -0.1) is 6.58 Å². The molecule has 6 rings (SSSR count). The van der Waals surface area contributed by atoms with Crippen LogP contribution in [0.4, 0.5) is 0 Å². The minimum absolute atomic E-state index is 0.161. The number of aromatic amines is 2. The number of nitrogens with one attached hydrogen (secondary N) is 2. The second-order valence-electron chi connectivity index (χ2n) is 14.4. The van der Waals surface area contributed by atoms with E-state index in [0.29, 0.717) is 17.8 Å². The molecule has 4 heteroatoms. The van der Waals surface area contributed by atoms with Crippen LogP contribution in [0.15, 0.2) is 61.2 Å². The van der Waals surface area contributed by atoms with Crippen LogP contribution in [0.25, 0.3) is 46.4 Å². The van der Waals surface area contributed by atoms with Crippen molar-refractivity contribution < 1.29 is 0 Å². The van der Waals surface area contributed by atoms with E-state index < -0.39 is 0 Å². The molecule has 3 aromatic heterocycles. The van der Waals surface area contributed by atoms with Gasteiger partial charge in [0.2, 0.25) is 0 Å². The zero-order valence-corrected chi connectivity index (χ0v) is 32.1. The third kappa shape index (κ3) is 7.07. The third-order valence-electron chi connectivity index (χ3n) is 11.6. The Labute approximate surface area is 306 Å². The van der Waals surface area contributed by atoms with E-state index in [4.69, 9.17) is 9.97 Å². The van der Waals surface area contributed by atoms with Crippen LogP contribution in [-0.2, 0) is 6.42 Å². The zero-order chi connectivity index (χ0) is 36.1. The van der Waals surface area contributed by atoms with Gasteiger partial charge in [-0.25, -0.2) is 9.97 Å². The van der Waals surface area contributed by atoms with Crippen LogP contribution in [0.1, 0.15) is 173 Å². The highest BCUT2D eigenvalue weighted by Crippen LogP contribution is 2.39. The predicted molar refractivity (Wildman–Crippen MR) is 221 cm³/mol. The predicted octanol–water partition coefficient (Wildman–Crippen LogP) is 13.6. The first-order valence-electron chi connectivity index (χ1n) is 19.8. The topological polar surface area (TPSA) is 57.4 Å². The van der Waals surface area contributed by atoms with E-state index in [1.807, 2.05) is 0 Å². The third-order valence-corrected chi connectivity index (χ3v) is 11.6. The second-order valence-corrected chi connectivity index (χ2v) is 14.4. The largest absolute Gasteiger partial charge is 0.355 e. The Balaban J connectivity index is 1.87. The molecule has 2 aliphatic rings. The number of hydrogen-bond donors (Lipinski definition) is 2. The summed E-state index contributed by atoms with van der Waals surface area (Å²) in [5, 5.41) is 0. The fraction of sp³-hybridized carbons (Fsp3) is 0.404. The van der Waals surface area contributed by atoms with Gasteiger partial charge in [-0.3, -0.25) is 0 Å². The highest BCUT2D eigenvalue weighted by molar-refractivity contribution is 5.85. The molecule has 4 nitrogen and oxygen atoms in total. The van der Waals surface area contributed by atoms with Crippen molar-refractivity contribution in [2.45, 2.75) is 124 Å². The lowest BCUT2D eigenvalue weighted by Crippen LogP contribution is -2.04. The molecule has 2 N–H and O–H groups in total. The summed E-state index contributed by atoms with van der Waals surface area (Å²) in [5.41, 5.74) is 16.7. The first-order chi connectivity index (χ1) is 24.9. The molecule has 5 heterocycles. The number of rotatable bonds is 14. The Kier molecular flexibility index (Phi) is 11.6. The Bertz CT molecular complexity index is 2060. The molecule has 0 aliphatic carbocycles. The minimum Gasteiger partial charge on any atom is -0.355 e. The number of allylic oxidation sites excluding steroid dienone is 1. The average Bonchev–Trinajstić information content (AvgIpc) is 3.99. The summed E-state index contributed by atoms with van der Waals surface area (Å²) < 4.78 is 0. The van der Waals surface area contributed by atoms with Crippen molar-refractivity contribution in [1.29, 1.82) is 0 Å². The maximum absolute atomic E-state index is 5.53. The van der Waals surface area contributed by atoms with Crippen LogP contribution in [0.2, 0.25) is 0 Å². The summed E-state index contributed by atoms with van der Waals surface area (Å²) in [6.07, 6.45) is 19.2. The molecule has 1 aromatic carbocycles. The lowest BCUT2D eigenvalue weighted by Gasteiger charge is -2.16. The lowest BCUT2D eigenvalue weighted by atomic mass is 9.91. The van der Waals surface area contributed by atoms with Crippen molar-refractivity contribution in [1.82, 2.24) is 19.9 Å². The first-order valence-corrected chi connectivity index (χ1v) is 19.8. The van der Waals surface area contributed by atoms with Crippen LogP contribution < -0.4 is 0 Å². The molecular formula is C47H58N4. The molecular weight excluding hydrogens is 621 g/mol. The maximum Gasteiger partial charge on any atom is 0.0694 e. The van der Waals surface area contributed by atoms with Gasteiger partial charge in [-0.1, -0.05) is 84.9 Å². The fourth-order valence-corrected chi connectivity index (χ4v) is 8.65. The van der Waals surface area contributed by atoms with Gasteiger partial charge in [0.05, 0.1) is 22.8 Å². The van der Waals surface area contributed by atoms with Crippen molar-refractivity contribution in [3.05, 3.63) is 117 Å². The fourth-order valence-electron chi connectivity index (χ4n) is 8.65. The zero-order valence-electron chi connectivity index (χ0n) is 32.1. The standard InChI is InChI=1S/C47H58N4/c1-9-31(10-2)43-36-22-23-37(48-36)44(32(11-3)12-4)39-26-27-41(50-39)46(34(15-7)16-8)47-35(28-30-20-18-17-19-21-30)29-42(51-47)45(33(13-5)14-6)40-25-24-38(43)49-40/h15,17-27,29,31-34,50-51H,7,9-14,16,28H2,1-6,8H3. The van der Waals surface area contributed by atoms with Crippen molar-refractivity contribution >= 4 is 46.4 Å². The Morgan fingerprint density at radius 3 is 1.51 bits per heavy atom. The van der Waals surface area contributed by atoms with Gasteiger partial charge in [0, 0.05) is 50.2 Å². The smallest absolute Gasteiger partial charge is 0.0694 e. The first kappa shape index (κ1) is 36.4. The highest BCUT2D eigenvalue weighted by atomic mass is 14.8. The van der Waals surface area contributed by atoms with Crippen molar-refractivity contribution in [2.75, 3.05) is 0 Å². The summed E-state index contributed by atoms with van der Waals surface area (Å²) in [5.74, 6) is 1.28. The molecule has 51 heavy (non-hydrogen) atoms. The molecule has 2 aliphatic heterocycles. The number of nitrogens with zero attached hydrogens (tertiary/aromatic N) is 2. The molecule has 0 fully saturated rings. The van der Waals surface area contributed by atoms with Gasteiger partial charge in [0.15, 0.2) is 0 Å². The average molecular weight is 679 g/mol.